The third kappa shape index (κ3) is 3.95. The number of anilines is 1. The van der Waals surface area contributed by atoms with Crippen LogP contribution in [-0.2, 0) is 6.42 Å². The highest BCUT2D eigenvalue weighted by Gasteiger charge is 2.28. The van der Waals surface area contributed by atoms with Crippen molar-refractivity contribution in [2.24, 2.45) is 5.10 Å². The number of hydrogen-bond donors (Lipinski definition) is 2. The molecule has 4 rings (SSSR count). The van der Waals surface area contributed by atoms with E-state index in [-0.39, 0.29) is 17.4 Å². The summed E-state index contributed by atoms with van der Waals surface area (Å²) in [6.45, 7) is 1.81. The van der Waals surface area contributed by atoms with E-state index < -0.39 is 5.91 Å². The molecular weight excluding hydrogens is 394 g/mol. The van der Waals surface area contributed by atoms with E-state index in [0.29, 0.717) is 40.6 Å². The highest BCUT2D eigenvalue weighted by Crippen LogP contribution is 2.30. The molecular formula is C21H18ClN3O4. The molecule has 8 heteroatoms. The SMILES string of the molecule is Cc1c(C(=O)Nc2ccc(Cl)cc2)oc2c1/C(=N/NC(=O)c1ccco1)CCC2. The van der Waals surface area contributed by atoms with Crippen LogP contribution in [0.15, 0.2) is 56.6 Å². The van der Waals surface area contributed by atoms with E-state index in [1.54, 1.807) is 36.4 Å². The van der Waals surface area contributed by atoms with E-state index in [1.807, 2.05) is 6.92 Å². The zero-order valence-electron chi connectivity index (χ0n) is 15.6. The van der Waals surface area contributed by atoms with Crippen LogP contribution in [0.3, 0.4) is 0 Å². The van der Waals surface area contributed by atoms with Gasteiger partial charge in [0.25, 0.3) is 5.91 Å². The van der Waals surface area contributed by atoms with Gasteiger partial charge in [0.05, 0.1) is 12.0 Å². The summed E-state index contributed by atoms with van der Waals surface area (Å²) in [6.07, 6.45) is 3.61. The number of carbonyl (C=O) groups is 2. The zero-order valence-corrected chi connectivity index (χ0v) is 16.4. The number of nitrogens with one attached hydrogen (secondary N) is 2. The quantitative estimate of drug-likeness (QED) is 0.615. The Morgan fingerprint density at radius 2 is 1.90 bits per heavy atom. The lowest BCUT2D eigenvalue weighted by atomic mass is 9.93. The molecule has 0 atom stereocenters. The minimum atomic E-state index is -0.434. The Labute approximate surface area is 171 Å². The molecule has 0 spiro atoms. The molecule has 0 bridgehead atoms. The molecule has 2 aromatic heterocycles. The maximum atomic E-state index is 12.7. The summed E-state index contributed by atoms with van der Waals surface area (Å²) in [5, 5.41) is 7.65. The molecule has 0 fully saturated rings. The van der Waals surface area contributed by atoms with Crippen LogP contribution in [0.2, 0.25) is 5.02 Å². The number of aryl methyl sites for hydroxylation is 1. The molecule has 1 aliphatic carbocycles. The lowest BCUT2D eigenvalue weighted by Gasteiger charge is -2.13. The molecule has 0 saturated heterocycles. The predicted octanol–water partition coefficient (Wildman–Crippen LogP) is 4.56. The van der Waals surface area contributed by atoms with Crippen molar-refractivity contribution in [1.29, 1.82) is 0 Å². The van der Waals surface area contributed by atoms with Crippen molar-refractivity contribution in [1.82, 2.24) is 5.43 Å². The van der Waals surface area contributed by atoms with Gasteiger partial charge in [-0.1, -0.05) is 11.6 Å². The highest BCUT2D eigenvalue weighted by molar-refractivity contribution is 6.30. The number of nitrogens with zero attached hydrogens (tertiary/aromatic N) is 1. The van der Waals surface area contributed by atoms with Crippen LogP contribution in [0, 0.1) is 6.92 Å². The molecule has 2 N–H and O–H groups in total. The van der Waals surface area contributed by atoms with Crippen molar-refractivity contribution >= 4 is 34.8 Å². The first-order valence-corrected chi connectivity index (χ1v) is 9.50. The third-order valence-electron chi connectivity index (χ3n) is 4.67. The van der Waals surface area contributed by atoms with Gasteiger partial charge in [-0.05, 0) is 56.2 Å². The summed E-state index contributed by atoms with van der Waals surface area (Å²) in [7, 11) is 0. The summed E-state index contributed by atoms with van der Waals surface area (Å²) < 4.78 is 10.9. The van der Waals surface area contributed by atoms with Gasteiger partial charge in [0.2, 0.25) is 0 Å². The summed E-state index contributed by atoms with van der Waals surface area (Å²) in [5.41, 5.74) is 5.27. The summed E-state index contributed by atoms with van der Waals surface area (Å²) in [5.74, 6) is 0.324. The standard InChI is InChI=1S/C21H18ClN3O4/c1-12-18-15(24-25-20(26)17-6-3-11-28-17)4-2-5-16(18)29-19(12)21(27)23-14-9-7-13(22)8-10-14/h3,6-11H,2,4-5H2,1H3,(H,23,27)(H,25,26)/b24-15+. The Morgan fingerprint density at radius 1 is 1.10 bits per heavy atom. The van der Waals surface area contributed by atoms with E-state index in [4.69, 9.17) is 20.4 Å². The van der Waals surface area contributed by atoms with Gasteiger partial charge >= 0.3 is 5.91 Å². The number of benzene rings is 1. The van der Waals surface area contributed by atoms with Gasteiger partial charge in [0.15, 0.2) is 11.5 Å². The number of rotatable bonds is 4. The Balaban J connectivity index is 1.57. The van der Waals surface area contributed by atoms with Gasteiger partial charge < -0.3 is 14.2 Å². The molecule has 0 unspecified atom stereocenters. The van der Waals surface area contributed by atoms with E-state index in [2.05, 4.69) is 15.8 Å². The van der Waals surface area contributed by atoms with Gasteiger partial charge in [-0.15, -0.1) is 0 Å². The summed E-state index contributed by atoms with van der Waals surface area (Å²) >= 11 is 5.88. The Bertz CT molecular complexity index is 1080. The van der Waals surface area contributed by atoms with Crippen molar-refractivity contribution in [2.45, 2.75) is 26.2 Å². The van der Waals surface area contributed by atoms with Crippen LogP contribution in [0.4, 0.5) is 5.69 Å². The number of hydrazone groups is 1. The highest BCUT2D eigenvalue weighted by atomic mass is 35.5. The summed E-state index contributed by atoms with van der Waals surface area (Å²) in [6, 6.07) is 10.0. The molecule has 1 aromatic carbocycles. The smallest absolute Gasteiger partial charge is 0.307 e. The minimum absolute atomic E-state index is 0.178. The molecule has 0 saturated carbocycles. The molecule has 148 valence electrons. The largest absolute Gasteiger partial charge is 0.459 e. The Kier molecular flexibility index (Phi) is 5.22. The average Bonchev–Trinajstić information content (AvgIpc) is 3.37. The van der Waals surface area contributed by atoms with Gasteiger partial charge in [-0.3, -0.25) is 9.59 Å². The van der Waals surface area contributed by atoms with Crippen molar-refractivity contribution in [3.05, 3.63) is 76.1 Å². The van der Waals surface area contributed by atoms with E-state index in [9.17, 15) is 9.59 Å². The normalized spacial score (nSPS) is 14.5. The van der Waals surface area contributed by atoms with Gasteiger partial charge in [-0.2, -0.15) is 5.10 Å². The minimum Gasteiger partial charge on any atom is -0.459 e. The van der Waals surface area contributed by atoms with Crippen LogP contribution in [0.25, 0.3) is 0 Å². The fourth-order valence-electron chi connectivity index (χ4n) is 3.30. The van der Waals surface area contributed by atoms with E-state index in [0.717, 1.165) is 12.0 Å². The number of furan rings is 2. The van der Waals surface area contributed by atoms with Crippen molar-refractivity contribution < 1.29 is 18.4 Å². The zero-order chi connectivity index (χ0) is 20.4. The number of amides is 2. The molecule has 3 aromatic rings. The van der Waals surface area contributed by atoms with Crippen molar-refractivity contribution in [3.63, 3.8) is 0 Å². The number of fused-ring (bicyclic) bond motifs is 1. The Hall–Kier alpha value is -3.32. The van der Waals surface area contributed by atoms with Crippen LogP contribution >= 0.6 is 11.6 Å². The molecule has 0 radical (unpaired) electrons. The maximum absolute atomic E-state index is 12.7. The molecule has 2 heterocycles. The fraction of sp³-hybridized carbons (Fsp3) is 0.190. The topological polar surface area (TPSA) is 96.8 Å². The lowest BCUT2D eigenvalue weighted by molar-refractivity contribution is 0.0926. The lowest BCUT2D eigenvalue weighted by Crippen LogP contribution is -2.21. The molecule has 1 aliphatic rings. The van der Waals surface area contributed by atoms with E-state index >= 15 is 0 Å². The second-order valence-corrected chi connectivity index (χ2v) is 7.08. The summed E-state index contributed by atoms with van der Waals surface area (Å²) in [4.78, 5) is 24.8. The van der Waals surface area contributed by atoms with Crippen LogP contribution < -0.4 is 10.7 Å². The van der Waals surface area contributed by atoms with Gasteiger partial charge in [0.1, 0.15) is 5.76 Å². The average molecular weight is 412 g/mol. The van der Waals surface area contributed by atoms with Crippen molar-refractivity contribution in [2.75, 3.05) is 5.32 Å². The van der Waals surface area contributed by atoms with Gasteiger partial charge in [0, 0.05) is 28.3 Å². The van der Waals surface area contributed by atoms with Crippen LogP contribution in [0.5, 0.6) is 0 Å². The predicted molar refractivity (Wildman–Crippen MR) is 108 cm³/mol. The number of halogens is 1. The van der Waals surface area contributed by atoms with Crippen molar-refractivity contribution in [3.8, 4) is 0 Å². The van der Waals surface area contributed by atoms with Crippen LogP contribution in [-0.4, -0.2) is 17.5 Å². The van der Waals surface area contributed by atoms with Gasteiger partial charge in [-0.25, -0.2) is 5.43 Å². The molecule has 29 heavy (non-hydrogen) atoms. The third-order valence-corrected chi connectivity index (χ3v) is 4.92. The van der Waals surface area contributed by atoms with Crippen LogP contribution in [0.1, 0.15) is 50.8 Å². The first-order valence-electron chi connectivity index (χ1n) is 9.13. The first-order chi connectivity index (χ1) is 14.0. The fourth-order valence-corrected chi connectivity index (χ4v) is 3.42. The number of carbonyl (C=O) groups excluding carboxylic acids is 2. The second kappa shape index (κ2) is 7.97. The van der Waals surface area contributed by atoms with E-state index in [1.165, 1.54) is 6.26 Å². The second-order valence-electron chi connectivity index (χ2n) is 6.65. The molecule has 7 nitrogen and oxygen atoms in total. The maximum Gasteiger partial charge on any atom is 0.307 e. The number of hydrogen-bond acceptors (Lipinski definition) is 5. The molecule has 2 amide bonds. The first kappa shape index (κ1) is 19.0. The Morgan fingerprint density at radius 3 is 2.62 bits per heavy atom. The monoisotopic (exact) mass is 411 g/mol. The molecule has 0 aliphatic heterocycles.